The molecule has 0 radical (unpaired) electrons. The van der Waals surface area contributed by atoms with Crippen LogP contribution in [0.15, 0.2) is 18.2 Å². The molecule has 1 saturated heterocycles. The molecule has 22 heavy (non-hydrogen) atoms. The van der Waals surface area contributed by atoms with E-state index < -0.39 is 17.7 Å². The van der Waals surface area contributed by atoms with E-state index in [1.807, 2.05) is 0 Å². The zero-order valence-electron chi connectivity index (χ0n) is 12.7. The van der Waals surface area contributed by atoms with Crippen LogP contribution in [0, 0.1) is 17.6 Å². The van der Waals surface area contributed by atoms with Gasteiger partial charge in [0.1, 0.15) is 11.6 Å². The predicted octanol–water partition coefficient (Wildman–Crippen LogP) is 3.34. The molecule has 1 amide bonds. The molecule has 124 valence electrons. The second-order valence-electron chi connectivity index (χ2n) is 5.69. The molecule has 0 unspecified atom stereocenters. The van der Waals surface area contributed by atoms with Crippen molar-refractivity contribution in [3.05, 3.63) is 35.4 Å². The van der Waals surface area contributed by atoms with Gasteiger partial charge in [-0.25, -0.2) is 8.78 Å². The number of amides is 1. The molecule has 2 rings (SSSR count). The van der Waals surface area contributed by atoms with Crippen molar-refractivity contribution in [1.29, 1.82) is 0 Å². The maximum Gasteiger partial charge on any atom is 0.220 e. The van der Waals surface area contributed by atoms with Crippen LogP contribution < -0.4 is 10.6 Å². The molecule has 1 aromatic carbocycles. The average molecular weight is 333 g/mol. The van der Waals surface area contributed by atoms with Crippen molar-refractivity contribution in [1.82, 2.24) is 10.6 Å². The van der Waals surface area contributed by atoms with Crippen LogP contribution in [-0.2, 0) is 4.79 Å². The van der Waals surface area contributed by atoms with Crippen LogP contribution in [0.2, 0.25) is 0 Å². The Morgan fingerprint density at radius 3 is 2.68 bits per heavy atom. The van der Waals surface area contributed by atoms with Crippen LogP contribution in [0.5, 0.6) is 0 Å². The number of hydrogen-bond donors (Lipinski definition) is 2. The molecule has 3 nitrogen and oxygen atoms in total. The third-order valence-corrected chi connectivity index (χ3v) is 4.04. The minimum absolute atomic E-state index is 0. The van der Waals surface area contributed by atoms with Gasteiger partial charge in [0, 0.05) is 18.1 Å². The number of nitrogens with one attached hydrogen (secondary N) is 2. The van der Waals surface area contributed by atoms with Gasteiger partial charge in [-0.3, -0.25) is 4.79 Å². The van der Waals surface area contributed by atoms with Gasteiger partial charge < -0.3 is 10.6 Å². The molecular formula is C16H23ClF2N2O. The second-order valence-corrected chi connectivity index (χ2v) is 5.69. The summed E-state index contributed by atoms with van der Waals surface area (Å²) in [7, 11) is 0. The summed E-state index contributed by atoms with van der Waals surface area (Å²) in [5.41, 5.74) is 0.312. The molecule has 1 aliphatic heterocycles. The third kappa shape index (κ3) is 5.54. The van der Waals surface area contributed by atoms with Gasteiger partial charge in [-0.05, 0) is 51.3 Å². The van der Waals surface area contributed by atoms with E-state index in [-0.39, 0.29) is 18.3 Å². The molecule has 1 aliphatic rings. The summed E-state index contributed by atoms with van der Waals surface area (Å²) in [5, 5.41) is 6.07. The molecule has 0 saturated carbocycles. The summed E-state index contributed by atoms with van der Waals surface area (Å²) < 4.78 is 26.5. The lowest BCUT2D eigenvalue weighted by Crippen LogP contribution is -2.30. The summed E-state index contributed by atoms with van der Waals surface area (Å²) in [6.45, 7) is 3.74. The molecule has 0 aromatic heterocycles. The zero-order chi connectivity index (χ0) is 15.2. The van der Waals surface area contributed by atoms with Gasteiger partial charge in [-0.2, -0.15) is 0 Å². The van der Waals surface area contributed by atoms with E-state index in [4.69, 9.17) is 0 Å². The minimum Gasteiger partial charge on any atom is -0.349 e. The van der Waals surface area contributed by atoms with Crippen molar-refractivity contribution in [2.24, 2.45) is 5.92 Å². The Hall–Kier alpha value is -1.20. The van der Waals surface area contributed by atoms with E-state index in [1.54, 1.807) is 6.92 Å². The highest BCUT2D eigenvalue weighted by Crippen LogP contribution is 2.20. The van der Waals surface area contributed by atoms with Crippen molar-refractivity contribution < 1.29 is 13.6 Å². The number of carbonyl (C=O) groups excluding carboxylic acids is 1. The van der Waals surface area contributed by atoms with E-state index >= 15 is 0 Å². The third-order valence-electron chi connectivity index (χ3n) is 4.04. The van der Waals surface area contributed by atoms with E-state index in [1.165, 1.54) is 12.1 Å². The fraction of sp³-hybridized carbons (Fsp3) is 0.562. The number of carbonyl (C=O) groups is 1. The van der Waals surface area contributed by atoms with E-state index in [0.29, 0.717) is 17.9 Å². The van der Waals surface area contributed by atoms with Gasteiger partial charge in [-0.1, -0.05) is 6.07 Å². The summed E-state index contributed by atoms with van der Waals surface area (Å²) in [4.78, 5) is 11.9. The monoisotopic (exact) mass is 332 g/mol. The van der Waals surface area contributed by atoms with E-state index in [2.05, 4.69) is 10.6 Å². The number of benzene rings is 1. The maximum atomic E-state index is 13.6. The largest absolute Gasteiger partial charge is 0.349 e. The van der Waals surface area contributed by atoms with Crippen molar-refractivity contribution >= 4 is 18.3 Å². The summed E-state index contributed by atoms with van der Waals surface area (Å²) in [5.74, 6) is -0.721. The quantitative estimate of drug-likeness (QED) is 0.868. The molecular weight excluding hydrogens is 310 g/mol. The summed E-state index contributed by atoms with van der Waals surface area (Å²) in [6.07, 6.45) is 3.54. The lowest BCUT2D eigenvalue weighted by molar-refractivity contribution is -0.122. The standard InChI is InChI=1S/C16H22F2N2O.ClH/c1-11(14-4-3-13(17)10-15(14)18)20-16(21)5-2-12-6-8-19-9-7-12;/h3-4,10-12,19H,2,5-9H2,1H3,(H,20,21);1H/t11-;/m1./s1. The highest BCUT2D eigenvalue weighted by atomic mass is 35.5. The number of piperidine rings is 1. The number of halogens is 3. The molecule has 1 atom stereocenters. The van der Waals surface area contributed by atoms with Crippen molar-refractivity contribution in [2.75, 3.05) is 13.1 Å². The Bertz CT molecular complexity index is 493. The van der Waals surface area contributed by atoms with Crippen molar-refractivity contribution in [3.63, 3.8) is 0 Å². The maximum absolute atomic E-state index is 13.6. The zero-order valence-corrected chi connectivity index (χ0v) is 13.5. The van der Waals surface area contributed by atoms with Crippen LogP contribution in [-0.4, -0.2) is 19.0 Å². The molecule has 0 spiro atoms. The van der Waals surface area contributed by atoms with Crippen molar-refractivity contribution in [2.45, 2.75) is 38.6 Å². The Kier molecular flexibility index (Phi) is 7.76. The topological polar surface area (TPSA) is 41.1 Å². The van der Waals surface area contributed by atoms with E-state index in [9.17, 15) is 13.6 Å². The fourth-order valence-corrected chi connectivity index (χ4v) is 2.75. The molecule has 1 fully saturated rings. The highest BCUT2D eigenvalue weighted by Gasteiger charge is 2.17. The number of hydrogen-bond acceptors (Lipinski definition) is 2. The Labute approximate surface area is 136 Å². The minimum atomic E-state index is -0.624. The van der Waals surface area contributed by atoms with Crippen molar-refractivity contribution in [3.8, 4) is 0 Å². The van der Waals surface area contributed by atoms with Crippen LogP contribution in [0.4, 0.5) is 8.78 Å². The van der Waals surface area contributed by atoms with Gasteiger partial charge in [0.15, 0.2) is 0 Å². The molecule has 1 heterocycles. The Morgan fingerprint density at radius 1 is 1.36 bits per heavy atom. The number of rotatable bonds is 5. The average Bonchev–Trinajstić information content (AvgIpc) is 2.46. The molecule has 0 aliphatic carbocycles. The first-order valence-corrected chi connectivity index (χ1v) is 7.51. The second kappa shape index (κ2) is 9.06. The van der Waals surface area contributed by atoms with Gasteiger partial charge in [0.25, 0.3) is 0 Å². The lowest BCUT2D eigenvalue weighted by Gasteiger charge is -2.22. The summed E-state index contributed by atoms with van der Waals surface area (Å²) in [6, 6.07) is 2.97. The van der Waals surface area contributed by atoms with E-state index in [0.717, 1.165) is 38.4 Å². The van der Waals surface area contributed by atoms with Gasteiger partial charge >= 0.3 is 0 Å². The predicted molar refractivity (Wildman–Crippen MR) is 85.0 cm³/mol. The fourth-order valence-electron chi connectivity index (χ4n) is 2.75. The smallest absolute Gasteiger partial charge is 0.220 e. The summed E-state index contributed by atoms with van der Waals surface area (Å²) >= 11 is 0. The first-order valence-electron chi connectivity index (χ1n) is 7.51. The van der Waals surface area contributed by atoms with Gasteiger partial charge in [-0.15, -0.1) is 12.4 Å². The Balaban J connectivity index is 0.00000242. The normalized spacial score (nSPS) is 16.7. The first kappa shape index (κ1) is 18.8. The molecule has 2 N–H and O–H groups in total. The molecule has 1 aromatic rings. The molecule has 0 bridgehead atoms. The highest BCUT2D eigenvalue weighted by molar-refractivity contribution is 5.85. The van der Waals surface area contributed by atoms with Crippen LogP contribution in [0.3, 0.4) is 0 Å². The van der Waals surface area contributed by atoms with Gasteiger partial charge in [0.2, 0.25) is 5.91 Å². The van der Waals surface area contributed by atoms with Crippen LogP contribution in [0.1, 0.15) is 44.2 Å². The SMILES string of the molecule is C[C@@H](NC(=O)CCC1CCNCC1)c1ccc(F)cc1F.Cl. The lowest BCUT2D eigenvalue weighted by atomic mass is 9.93. The van der Waals surface area contributed by atoms with Gasteiger partial charge in [0.05, 0.1) is 6.04 Å². The van der Waals surface area contributed by atoms with Crippen LogP contribution >= 0.6 is 12.4 Å². The first-order chi connectivity index (χ1) is 10.1. The molecule has 6 heteroatoms. The van der Waals surface area contributed by atoms with Crippen LogP contribution in [0.25, 0.3) is 0 Å². The Morgan fingerprint density at radius 2 is 2.05 bits per heavy atom.